The third-order valence-corrected chi connectivity index (χ3v) is 3.64. The maximum absolute atomic E-state index is 12.1. The quantitative estimate of drug-likeness (QED) is 0.739. The predicted octanol–water partition coefficient (Wildman–Crippen LogP) is 3.58. The first kappa shape index (κ1) is 17.1. The van der Waals surface area contributed by atoms with Gasteiger partial charge in [-0.25, -0.2) is 0 Å². The van der Waals surface area contributed by atoms with Gasteiger partial charge in [0.1, 0.15) is 0 Å². The smallest absolute Gasteiger partial charge is 0.229 e. The predicted molar refractivity (Wildman–Crippen MR) is 100.0 cm³/mol. The highest BCUT2D eigenvalue weighted by Gasteiger charge is 2.06. The summed E-state index contributed by atoms with van der Waals surface area (Å²) in [4.78, 5) is 12.1. The molecule has 0 spiro atoms. The Morgan fingerprint density at radius 2 is 1.81 bits per heavy atom. The van der Waals surface area contributed by atoms with E-state index < -0.39 is 0 Å². The van der Waals surface area contributed by atoms with Gasteiger partial charge in [-0.05, 0) is 42.8 Å². The molecule has 1 heterocycles. The third-order valence-electron chi connectivity index (χ3n) is 3.64. The molecule has 0 aliphatic rings. The molecule has 0 radical (unpaired) electrons. The van der Waals surface area contributed by atoms with Gasteiger partial charge in [0, 0.05) is 5.69 Å². The Morgan fingerprint density at radius 1 is 1.04 bits per heavy atom. The van der Waals surface area contributed by atoms with Gasteiger partial charge >= 0.3 is 0 Å². The van der Waals surface area contributed by atoms with Crippen LogP contribution in [0.5, 0.6) is 0 Å². The minimum absolute atomic E-state index is 0.146. The number of anilines is 3. The molecule has 3 rings (SSSR count). The second kappa shape index (κ2) is 7.90. The van der Waals surface area contributed by atoms with E-state index in [2.05, 4.69) is 26.9 Å². The van der Waals surface area contributed by atoms with E-state index in [1.54, 1.807) is 30.3 Å². The maximum atomic E-state index is 12.1. The lowest BCUT2D eigenvalue weighted by Crippen LogP contribution is -2.15. The van der Waals surface area contributed by atoms with Crippen molar-refractivity contribution in [2.75, 3.05) is 10.6 Å². The number of amides is 1. The molecule has 1 amide bonds. The number of hydrogen-bond donors (Lipinski definition) is 2. The van der Waals surface area contributed by atoms with Crippen LogP contribution < -0.4 is 10.6 Å². The van der Waals surface area contributed by atoms with E-state index in [1.165, 1.54) is 0 Å². The molecule has 2 aromatic carbocycles. The third kappa shape index (κ3) is 4.65. The Hall–Kier alpha value is -3.72. The number of aryl methyl sites for hydroxylation is 1. The topological polar surface area (TPSA) is 90.7 Å². The molecule has 0 unspecified atom stereocenters. The molecule has 3 aromatic rings. The molecular formula is C20H17N5O. The van der Waals surface area contributed by atoms with Gasteiger partial charge in [0.25, 0.3) is 0 Å². The number of carbonyl (C=O) groups excluding carboxylic acids is 1. The minimum atomic E-state index is -0.146. The van der Waals surface area contributed by atoms with Gasteiger partial charge in [0.2, 0.25) is 5.91 Å². The summed E-state index contributed by atoms with van der Waals surface area (Å²) in [5.41, 5.74) is 3.37. The van der Waals surface area contributed by atoms with Gasteiger partial charge in [0.05, 0.1) is 18.1 Å². The van der Waals surface area contributed by atoms with Crippen LogP contribution in [0.15, 0.2) is 60.7 Å². The largest absolute Gasteiger partial charge is 0.339 e. The summed E-state index contributed by atoms with van der Waals surface area (Å²) in [6.45, 7) is 1.99. The van der Waals surface area contributed by atoms with E-state index >= 15 is 0 Å². The molecule has 0 saturated carbocycles. The molecule has 26 heavy (non-hydrogen) atoms. The molecule has 6 nitrogen and oxygen atoms in total. The standard InChI is InChI=1S/C20H17N5O/c1-14-4-2-5-15(10-14)12-20(26)23-19-9-8-18(24-25-19)22-17-7-3-6-16(11-17)13-21/h2-11H,12H2,1H3,(H,22,24)(H,23,25,26). The highest BCUT2D eigenvalue weighted by Crippen LogP contribution is 2.16. The Morgan fingerprint density at radius 3 is 2.54 bits per heavy atom. The van der Waals surface area contributed by atoms with Crippen LogP contribution in [0.25, 0.3) is 0 Å². The summed E-state index contributed by atoms with van der Waals surface area (Å²) in [7, 11) is 0. The number of nitrogens with one attached hydrogen (secondary N) is 2. The van der Waals surface area contributed by atoms with Crippen molar-refractivity contribution < 1.29 is 4.79 Å². The molecule has 0 bridgehead atoms. The average Bonchev–Trinajstić information content (AvgIpc) is 2.63. The Balaban J connectivity index is 1.60. The number of carbonyl (C=O) groups is 1. The van der Waals surface area contributed by atoms with Crippen molar-refractivity contribution in [1.29, 1.82) is 5.26 Å². The number of aromatic nitrogens is 2. The summed E-state index contributed by atoms with van der Waals surface area (Å²) in [6.07, 6.45) is 0.282. The molecular weight excluding hydrogens is 326 g/mol. The molecule has 0 fully saturated rings. The van der Waals surface area contributed by atoms with Crippen LogP contribution in [0.3, 0.4) is 0 Å². The number of nitriles is 1. The Bertz CT molecular complexity index is 960. The van der Waals surface area contributed by atoms with Gasteiger partial charge < -0.3 is 10.6 Å². The number of benzene rings is 2. The second-order valence-corrected chi connectivity index (χ2v) is 5.84. The highest BCUT2D eigenvalue weighted by atomic mass is 16.1. The van der Waals surface area contributed by atoms with Crippen molar-refractivity contribution in [2.45, 2.75) is 13.3 Å². The molecule has 128 valence electrons. The SMILES string of the molecule is Cc1cccc(CC(=O)Nc2ccc(Nc3cccc(C#N)c3)nn2)c1. The van der Waals surface area contributed by atoms with Crippen molar-refractivity contribution in [2.24, 2.45) is 0 Å². The van der Waals surface area contributed by atoms with Gasteiger partial charge in [-0.2, -0.15) is 5.26 Å². The van der Waals surface area contributed by atoms with Crippen LogP contribution in [0.4, 0.5) is 17.3 Å². The van der Waals surface area contributed by atoms with E-state index in [9.17, 15) is 4.79 Å². The first-order chi connectivity index (χ1) is 12.6. The fraction of sp³-hybridized carbons (Fsp3) is 0.100. The van der Waals surface area contributed by atoms with Crippen LogP contribution in [0, 0.1) is 18.3 Å². The normalized spacial score (nSPS) is 10.0. The van der Waals surface area contributed by atoms with Crippen LogP contribution >= 0.6 is 0 Å². The van der Waals surface area contributed by atoms with Crippen LogP contribution in [-0.2, 0) is 11.2 Å². The Labute approximate surface area is 151 Å². The zero-order valence-corrected chi connectivity index (χ0v) is 14.2. The van der Waals surface area contributed by atoms with Gasteiger partial charge in [-0.15, -0.1) is 10.2 Å². The molecule has 0 aliphatic heterocycles. The van der Waals surface area contributed by atoms with Crippen LogP contribution in [-0.4, -0.2) is 16.1 Å². The first-order valence-electron chi connectivity index (χ1n) is 8.09. The van der Waals surface area contributed by atoms with Crippen LogP contribution in [0.1, 0.15) is 16.7 Å². The van der Waals surface area contributed by atoms with E-state index in [0.29, 0.717) is 17.2 Å². The van der Waals surface area contributed by atoms with Crippen molar-refractivity contribution in [3.63, 3.8) is 0 Å². The fourth-order valence-electron chi connectivity index (χ4n) is 2.47. The molecule has 0 aliphatic carbocycles. The van der Waals surface area contributed by atoms with Crippen molar-refractivity contribution in [3.05, 3.63) is 77.4 Å². The summed E-state index contributed by atoms with van der Waals surface area (Å²) >= 11 is 0. The number of nitrogens with zero attached hydrogens (tertiary/aromatic N) is 3. The van der Waals surface area contributed by atoms with Crippen LogP contribution in [0.2, 0.25) is 0 Å². The van der Waals surface area contributed by atoms with Crippen molar-refractivity contribution in [3.8, 4) is 6.07 Å². The molecule has 0 saturated heterocycles. The zero-order chi connectivity index (χ0) is 18.4. The Kier molecular flexibility index (Phi) is 5.20. The summed E-state index contributed by atoms with van der Waals surface area (Å²) in [5, 5.41) is 22.8. The monoisotopic (exact) mass is 343 g/mol. The zero-order valence-electron chi connectivity index (χ0n) is 14.2. The van der Waals surface area contributed by atoms with Gasteiger partial charge in [-0.1, -0.05) is 35.9 Å². The fourth-order valence-corrected chi connectivity index (χ4v) is 2.47. The number of hydrogen-bond acceptors (Lipinski definition) is 5. The van der Waals surface area contributed by atoms with E-state index in [-0.39, 0.29) is 12.3 Å². The molecule has 1 aromatic heterocycles. The van der Waals surface area contributed by atoms with Gasteiger partial charge in [0.15, 0.2) is 11.6 Å². The maximum Gasteiger partial charge on any atom is 0.229 e. The lowest BCUT2D eigenvalue weighted by atomic mass is 10.1. The lowest BCUT2D eigenvalue weighted by Gasteiger charge is -2.07. The summed E-state index contributed by atoms with van der Waals surface area (Å²) < 4.78 is 0. The minimum Gasteiger partial charge on any atom is -0.339 e. The highest BCUT2D eigenvalue weighted by molar-refractivity contribution is 5.91. The molecule has 6 heteroatoms. The van der Waals surface area contributed by atoms with E-state index in [0.717, 1.165) is 16.8 Å². The van der Waals surface area contributed by atoms with Crippen molar-refractivity contribution >= 4 is 23.2 Å². The number of rotatable bonds is 5. The molecule has 2 N–H and O–H groups in total. The van der Waals surface area contributed by atoms with Gasteiger partial charge in [-0.3, -0.25) is 4.79 Å². The van der Waals surface area contributed by atoms with E-state index in [4.69, 9.17) is 5.26 Å². The summed E-state index contributed by atoms with van der Waals surface area (Å²) in [6, 6.07) is 20.4. The first-order valence-corrected chi connectivity index (χ1v) is 8.09. The second-order valence-electron chi connectivity index (χ2n) is 5.84. The average molecular weight is 343 g/mol. The van der Waals surface area contributed by atoms with Crippen molar-refractivity contribution in [1.82, 2.24) is 10.2 Å². The lowest BCUT2D eigenvalue weighted by molar-refractivity contribution is -0.115. The summed E-state index contributed by atoms with van der Waals surface area (Å²) in [5.74, 6) is 0.767. The molecule has 0 atom stereocenters. The van der Waals surface area contributed by atoms with E-state index in [1.807, 2.05) is 37.3 Å².